The third-order valence-electron chi connectivity index (χ3n) is 3.78. The number of nitrogens with one attached hydrogen (secondary N) is 2. The summed E-state index contributed by atoms with van der Waals surface area (Å²) in [5, 5.41) is 5.68. The van der Waals surface area contributed by atoms with Gasteiger partial charge in [-0.3, -0.25) is 4.79 Å². The minimum absolute atomic E-state index is 0.0139. The molecule has 0 aliphatic carbocycles. The van der Waals surface area contributed by atoms with Crippen LogP contribution in [0, 0.1) is 5.82 Å². The molecule has 4 N–H and O–H groups in total. The smallest absolute Gasteiger partial charge is 0.246 e. The number of carbonyl (C=O) groups excluding carboxylic acids is 1. The van der Waals surface area contributed by atoms with Gasteiger partial charge in [-0.1, -0.05) is 24.3 Å². The van der Waals surface area contributed by atoms with Crippen LogP contribution >= 0.6 is 0 Å². The maximum Gasteiger partial charge on any atom is 0.246 e. The van der Waals surface area contributed by atoms with E-state index in [1.54, 1.807) is 6.07 Å². The van der Waals surface area contributed by atoms with Gasteiger partial charge in [0.1, 0.15) is 18.1 Å². The molecule has 0 spiro atoms. The second-order valence-electron chi connectivity index (χ2n) is 5.63. The molecule has 1 amide bonds. The van der Waals surface area contributed by atoms with E-state index in [2.05, 4.69) is 15.6 Å². The summed E-state index contributed by atoms with van der Waals surface area (Å²) >= 11 is 0. The van der Waals surface area contributed by atoms with Gasteiger partial charge in [-0.25, -0.2) is 9.38 Å². The Labute approximate surface area is 144 Å². The molecule has 0 fully saturated rings. The predicted molar refractivity (Wildman–Crippen MR) is 93.9 cm³/mol. The Morgan fingerprint density at radius 3 is 2.96 bits per heavy atom. The fourth-order valence-corrected chi connectivity index (χ4v) is 2.64. The van der Waals surface area contributed by atoms with E-state index < -0.39 is 5.82 Å². The molecule has 1 atom stereocenters. The largest absolute Gasteiger partial charge is 0.493 e. The minimum Gasteiger partial charge on any atom is -0.493 e. The van der Waals surface area contributed by atoms with E-state index in [-0.39, 0.29) is 24.5 Å². The van der Waals surface area contributed by atoms with Crippen LogP contribution in [0.25, 0.3) is 0 Å². The summed E-state index contributed by atoms with van der Waals surface area (Å²) in [6.45, 7) is 0.433. The number of benzene rings is 2. The lowest BCUT2D eigenvalue weighted by atomic mass is 10.0. The molecule has 25 heavy (non-hydrogen) atoms. The summed E-state index contributed by atoms with van der Waals surface area (Å²) in [6.07, 6.45) is 0.753. The summed E-state index contributed by atoms with van der Waals surface area (Å²) in [7, 11) is 0. The molecule has 0 aromatic heterocycles. The molecule has 2 aromatic carbocycles. The first-order valence-electron chi connectivity index (χ1n) is 7.95. The molecule has 6 nitrogen and oxygen atoms in total. The normalized spacial score (nSPS) is 16.5. The van der Waals surface area contributed by atoms with Crippen molar-refractivity contribution in [3.8, 4) is 5.75 Å². The van der Waals surface area contributed by atoms with Crippen LogP contribution in [0.5, 0.6) is 5.75 Å². The topological polar surface area (TPSA) is 88.7 Å². The Bertz CT molecular complexity index is 794. The van der Waals surface area contributed by atoms with Crippen LogP contribution in [0.4, 0.5) is 10.1 Å². The van der Waals surface area contributed by atoms with E-state index in [4.69, 9.17) is 10.5 Å². The SMILES string of the molecule is NC(=NCC(=O)Nc1cccc(F)c1)NC1CCOc2ccccc21. The van der Waals surface area contributed by atoms with Crippen molar-refractivity contribution in [3.63, 3.8) is 0 Å². The van der Waals surface area contributed by atoms with Crippen molar-refractivity contribution >= 4 is 17.6 Å². The standard InChI is InChI=1S/C18H19FN4O2/c19-12-4-3-5-13(10-12)22-17(24)11-21-18(20)23-15-8-9-25-16-7-2-1-6-14(15)16/h1-7,10,15H,8-9,11H2,(H,22,24)(H3,20,21,23). The molecule has 0 bridgehead atoms. The van der Waals surface area contributed by atoms with Crippen LogP contribution in [0.3, 0.4) is 0 Å². The summed E-state index contributed by atoms with van der Waals surface area (Å²) in [5.74, 6) is 0.211. The second kappa shape index (κ2) is 7.65. The zero-order valence-corrected chi connectivity index (χ0v) is 13.5. The quantitative estimate of drug-likeness (QED) is 0.587. The van der Waals surface area contributed by atoms with Crippen LogP contribution in [-0.2, 0) is 4.79 Å². The molecule has 1 aliphatic rings. The highest BCUT2D eigenvalue weighted by Gasteiger charge is 2.21. The lowest BCUT2D eigenvalue weighted by Gasteiger charge is -2.26. The number of nitrogens with zero attached hydrogens (tertiary/aromatic N) is 1. The molecule has 0 saturated carbocycles. The van der Waals surface area contributed by atoms with Crippen molar-refractivity contribution in [2.45, 2.75) is 12.5 Å². The van der Waals surface area contributed by atoms with Gasteiger partial charge in [-0.2, -0.15) is 0 Å². The number of carbonyl (C=O) groups is 1. The van der Waals surface area contributed by atoms with Gasteiger partial charge < -0.3 is 21.1 Å². The first kappa shape index (κ1) is 16.8. The lowest BCUT2D eigenvalue weighted by Crippen LogP contribution is -2.38. The zero-order chi connectivity index (χ0) is 17.6. The van der Waals surface area contributed by atoms with Gasteiger partial charge >= 0.3 is 0 Å². The molecule has 1 unspecified atom stereocenters. The maximum absolute atomic E-state index is 13.1. The number of hydrogen-bond acceptors (Lipinski definition) is 3. The summed E-state index contributed by atoms with van der Waals surface area (Å²) in [6, 6.07) is 13.4. The number of anilines is 1. The highest BCUT2D eigenvalue weighted by atomic mass is 19.1. The number of nitrogens with two attached hydrogens (primary N) is 1. The Balaban J connectivity index is 1.56. The number of rotatable bonds is 4. The molecule has 0 radical (unpaired) electrons. The van der Waals surface area contributed by atoms with Crippen LogP contribution in [0.15, 0.2) is 53.5 Å². The molecular formula is C18H19FN4O2. The molecule has 1 heterocycles. The molecule has 130 valence electrons. The lowest BCUT2D eigenvalue weighted by molar-refractivity contribution is -0.114. The number of amides is 1. The number of guanidine groups is 1. The minimum atomic E-state index is -0.416. The molecular weight excluding hydrogens is 323 g/mol. The number of fused-ring (bicyclic) bond motifs is 1. The van der Waals surface area contributed by atoms with Gasteiger partial charge in [0.25, 0.3) is 0 Å². The van der Waals surface area contributed by atoms with Gasteiger partial charge in [0.05, 0.1) is 12.6 Å². The number of para-hydroxylation sites is 1. The molecule has 2 aromatic rings. The second-order valence-corrected chi connectivity index (χ2v) is 5.63. The van der Waals surface area contributed by atoms with Crippen LogP contribution in [0.1, 0.15) is 18.0 Å². The van der Waals surface area contributed by atoms with E-state index in [1.807, 2.05) is 24.3 Å². The van der Waals surface area contributed by atoms with Gasteiger partial charge in [-0.05, 0) is 24.3 Å². The Morgan fingerprint density at radius 1 is 1.28 bits per heavy atom. The highest BCUT2D eigenvalue weighted by Crippen LogP contribution is 2.31. The zero-order valence-electron chi connectivity index (χ0n) is 13.5. The van der Waals surface area contributed by atoms with Gasteiger partial charge in [0, 0.05) is 17.7 Å². The Kier molecular flexibility index (Phi) is 5.13. The summed E-state index contributed by atoms with van der Waals surface area (Å²) in [5.41, 5.74) is 7.28. The molecule has 3 rings (SSSR count). The number of aliphatic imine (C=N–C) groups is 1. The van der Waals surface area contributed by atoms with Crippen molar-refractivity contribution in [1.82, 2.24) is 5.32 Å². The predicted octanol–water partition coefficient (Wildman–Crippen LogP) is 2.19. The van der Waals surface area contributed by atoms with E-state index in [0.29, 0.717) is 12.3 Å². The van der Waals surface area contributed by atoms with E-state index in [9.17, 15) is 9.18 Å². The molecule has 7 heteroatoms. The van der Waals surface area contributed by atoms with Crippen LogP contribution in [-0.4, -0.2) is 25.0 Å². The first-order chi connectivity index (χ1) is 12.1. The van der Waals surface area contributed by atoms with Crippen molar-refractivity contribution in [1.29, 1.82) is 0 Å². The van der Waals surface area contributed by atoms with Crippen molar-refractivity contribution in [2.24, 2.45) is 10.7 Å². The maximum atomic E-state index is 13.1. The highest BCUT2D eigenvalue weighted by molar-refractivity contribution is 5.93. The third kappa shape index (κ3) is 4.47. The molecule has 0 saturated heterocycles. The number of ether oxygens (including phenoxy) is 1. The van der Waals surface area contributed by atoms with Crippen molar-refractivity contribution in [2.75, 3.05) is 18.5 Å². The summed E-state index contributed by atoms with van der Waals surface area (Å²) in [4.78, 5) is 15.9. The van der Waals surface area contributed by atoms with Crippen LogP contribution < -0.4 is 21.1 Å². The number of hydrogen-bond donors (Lipinski definition) is 3. The molecule has 1 aliphatic heterocycles. The monoisotopic (exact) mass is 342 g/mol. The van der Waals surface area contributed by atoms with E-state index in [0.717, 1.165) is 17.7 Å². The van der Waals surface area contributed by atoms with Crippen molar-refractivity contribution in [3.05, 3.63) is 59.9 Å². The number of halogens is 1. The average molecular weight is 342 g/mol. The van der Waals surface area contributed by atoms with Crippen LogP contribution in [0.2, 0.25) is 0 Å². The fourth-order valence-electron chi connectivity index (χ4n) is 2.64. The fraction of sp³-hybridized carbons (Fsp3) is 0.222. The first-order valence-corrected chi connectivity index (χ1v) is 7.95. The summed E-state index contributed by atoms with van der Waals surface area (Å²) < 4.78 is 18.7. The van der Waals surface area contributed by atoms with Gasteiger partial charge in [0.15, 0.2) is 5.96 Å². The third-order valence-corrected chi connectivity index (χ3v) is 3.78. The van der Waals surface area contributed by atoms with E-state index in [1.165, 1.54) is 18.2 Å². The van der Waals surface area contributed by atoms with Gasteiger partial charge in [-0.15, -0.1) is 0 Å². The van der Waals surface area contributed by atoms with Gasteiger partial charge in [0.2, 0.25) is 5.91 Å². The average Bonchev–Trinajstić information content (AvgIpc) is 2.60. The van der Waals surface area contributed by atoms with E-state index >= 15 is 0 Å². The van der Waals surface area contributed by atoms with Crippen molar-refractivity contribution < 1.29 is 13.9 Å². The Morgan fingerprint density at radius 2 is 2.12 bits per heavy atom. The Hall–Kier alpha value is -3.09.